The van der Waals surface area contributed by atoms with Gasteiger partial charge in [0.05, 0.1) is 11.1 Å². The zero-order valence-electron chi connectivity index (χ0n) is 15.4. The van der Waals surface area contributed by atoms with Gasteiger partial charge in [-0.25, -0.2) is 10.2 Å². The van der Waals surface area contributed by atoms with Gasteiger partial charge in [0.25, 0.3) is 11.6 Å². The summed E-state index contributed by atoms with van der Waals surface area (Å²) in [6.45, 7) is 1.43. The summed E-state index contributed by atoms with van der Waals surface area (Å²) in [4.78, 5) is 33.5. The molecule has 0 radical (unpaired) electrons. The molecule has 1 heterocycles. The minimum atomic E-state index is -0.643. The van der Waals surface area contributed by atoms with E-state index in [1.54, 1.807) is 25.1 Å². The molecule has 1 aromatic carbocycles. The second kappa shape index (κ2) is 8.38. The van der Waals surface area contributed by atoms with Crippen LogP contribution in [0.25, 0.3) is 11.0 Å². The van der Waals surface area contributed by atoms with E-state index >= 15 is 0 Å². The molecule has 0 spiro atoms. The van der Waals surface area contributed by atoms with E-state index < -0.39 is 22.2 Å². The third-order valence-corrected chi connectivity index (χ3v) is 4.20. The van der Waals surface area contributed by atoms with Gasteiger partial charge in [0.1, 0.15) is 11.3 Å². The summed E-state index contributed by atoms with van der Waals surface area (Å²) < 4.78 is 10.5. The number of nitrogens with zero attached hydrogens (tertiary/aromatic N) is 2. The van der Waals surface area contributed by atoms with Gasteiger partial charge in [-0.1, -0.05) is 6.08 Å². The van der Waals surface area contributed by atoms with Crippen molar-refractivity contribution in [2.75, 3.05) is 6.61 Å². The summed E-state index contributed by atoms with van der Waals surface area (Å²) in [5.74, 6) is -0.721. The average Bonchev–Trinajstić information content (AvgIpc) is 2.67. The molecule has 0 bridgehead atoms. The van der Waals surface area contributed by atoms with Crippen molar-refractivity contribution in [2.24, 2.45) is 5.10 Å². The Bertz CT molecular complexity index is 1130. The van der Waals surface area contributed by atoms with Crippen LogP contribution in [0.15, 0.2) is 61.7 Å². The van der Waals surface area contributed by atoms with Gasteiger partial charge in [-0.2, -0.15) is 5.10 Å². The minimum Gasteiger partial charge on any atom is -0.502 e. The monoisotopic (exact) mass is 399 g/mol. The highest BCUT2D eigenvalue weighted by Gasteiger charge is 2.23. The Kier molecular flexibility index (Phi) is 5.72. The fourth-order valence-electron chi connectivity index (χ4n) is 2.79. The van der Waals surface area contributed by atoms with E-state index in [1.807, 2.05) is 0 Å². The van der Waals surface area contributed by atoms with Gasteiger partial charge in [-0.3, -0.25) is 14.9 Å². The van der Waals surface area contributed by atoms with Crippen LogP contribution in [-0.4, -0.2) is 28.8 Å². The lowest BCUT2D eigenvalue weighted by molar-refractivity contribution is -0.430. The van der Waals surface area contributed by atoms with Gasteiger partial charge in [0.2, 0.25) is 0 Å². The zero-order chi connectivity index (χ0) is 21.0. The molecule has 29 heavy (non-hydrogen) atoms. The highest BCUT2D eigenvalue weighted by molar-refractivity contribution is 5.86. The predicted molar refractivity (Wildman–Crippen MR) is 103 cm³/mol. The maximum atomic E-state index is 11.9. The number of hydrogen-bond acceptors (Lipinski definition) is 8. The van der Waals surface area contributed by atoms with Crippen molar-refractivity contribution in [3.8, 4) is 5.75 Å². The number of carbonyl (C=O) groups is 1. The Morgan fingerprint density at radius 2 is 2.24 bits per heavy atom. The van der Waals surface area contributed by atoms with Crippen LogP contribution in [0.4, 0.5) is 0 Å². The summed E-state index contributed by atoms with van der Waals surface area (Å²) in [6.07, 6.45) is 3.22. The number of aliphatic hydroxyl groups is 1. The molecule has 2 aromatic rings. The smallest absolute Gasteiger partial charge is 0.336 e. The van der Waals surface area contributed by atoms with E-state index in [0.29, 0.717) is 17.8 Å². The number of amides is 1. The van der Waals surface area contributed by atoms with Crippen molar-refractivity contribution in [3.05, 3.63) is 73.5 Å². The van der Waals surface area contributed by atoms with Crippen LogP contribution >= 0.6 is 0 Å². The van der Waals surface area contributed by atoms with Crippen LogP contribution in [0.3, 0.4) is 0 Å². The lowest BCUT2D eigenvalue weighted by atomic mass is 10.0. The van der Waals surface area contributed by atoms with E-state index in [-0.39, 0.29) is 24.3 Å². The van der Waals surface area contributed by atoms with Crippen molar-refractivity contribution < 1.29 is 24.0 Å². The molecule has 1 amide bonds. The first-order valence-electron chi connectivity index (χ1n) is 8.61. The summed E-state index contributed by atoms with van der Waals surface area (Å²) in [6, 6.07) is 6.25. The fraction of sp³-hybridized carbons (Fsp3) is 0.211. The number of fused-ring (bicyclic) bond motifs is 1. The number of ether oxygens (including phenoxy) is 1. The van der Waals surface area contributed by atoms with E-state index in [1.165, 1.54) is 12.1 Å². The third-order valence-electron chi connectivity index (χ3n) is 4.20. The topological polar surface area (TPSA) is 144 Å². The maximum Gasteiger partial charge on any atom is 0.336 e. The number of nitrogens with one attached hydrogen (secondary N) is 1. The number of allylic oxidation sites excluding steroid dienone is 3. The predicted octanol–water partition coefficient (Wildman–Crippen LogP) is 2.35. The van der Waals surface area contributed by atoms with Crippen molar-refractivity contribution in [1.82, 2.24) is 5.43 Å². The van der Waals surface area contributed by atoms with Gasteiger partial charge in [-0.05, 0) is 31.0 Å². The highest BCUT2D eigenvalue weighted by atomic mass is 16.6. The van der Waals surface area contributed by atoms with Crippen LogP contribution in [0, 0.1) is 17.0 Å². The molecule has 1 aromatic heterocycles. The molecule has 0 saturated carbocycles. The van der Waals surface area contributed by atoms with Crippen LogP contribution in [-0.2, 0) is 4.79 Å². The lowest BCUT2D eigenvalue weighted by Gasteiger charge is -2.09. The SMILES string of the molecule is Cc1cc(=O)oc2cc(OCC(=O)NN=CC3=CCCC([N+](=O)[O-])=C3O)ccc12. The maximum absolute atomic E-state index is 11.9. The Balaban J connectivity index is 1.58. The molecule has 0 aliphatic heterocycles. The molecule has 150 valence electrons. The van der Waals surface area contributed by atoms with Crippen molar-refractivity contribution >= 4 is 23.1 Å². The van der Waals surface area contributed by atoms with Gasteiger partial charge < -0.3 is 14.3 Å². The number of hydrazone groups is 1. The van der Waals surface area contributed by atoms with Crippen LogP contribution in [0.1, 0.15) is 18.4 Å². The first-order valence-corrected chi connectivity index (χ1v) is 8.61. The standard InChI is InChI=1S/C19H17N3O7/c1-11-7-18(24)29-16-8-13(5-6-14(11)16)28-10-17(23)21-20-9-12-3-2-4-15(19(12)25)22(26)27/h3,5-9,25H,2,4,10H2,1H3,(H,21,23). The molecule has 0 atom stereocenters. The second-order valence-electron chi connectivity index (χ2n) is 6.24. The van der Waals surface area contributed by atoms with E-state index in [4.69, 9.17) is 9.15 Å². The van der Waals surface area contributed by atoms with Crippen LogP contribution in [0.5, 0.6) is 5.75 Å². The Morgan fingerprint density at radius 1 is 1.45 bits per heavy atom. The first kappa shape index (κ1) is 19.8. The molecular weight excluding hydrogens is 382 g/mol. The molecule has 0 fully saturated rings. The third kappa shape index (κ3) is 4.67. The fourth-order valence-corrected chi connectivity index (χ4v) is 2.79. The number of rotatable bonds is 6. The Morgan fingerprint density at radius 3 is 3.00 bits per heavy atom. The molecule has 3 rings (SSSR count). The number of benzene rings is 1. The molecule has 10 nitrogen and oxygen atoms in total. The first-order chi connectivity index (χ1) is 13.8. The molecule has 1 aliphatic carbocycles. The normalized spacial score (nSPS) is 14.2. The molecule has 10 heteroatoms. The van der Waals surface area contributed by atoms with E-state index in [0.717, 1.165) is 17.2 Å². The lowest BCUT2D eigenvalue weighted by Crippen LogP contribution is -2.24. The quantitative estimate of drug-likeness (QED) is 0.328. The van der Waals surface area contributed by atoms with E-state index in [2.05, 4.69) is 10.5 Å². The summed E-state index contributed by atoms with van der Waals surface area (Å²) in [5.41, 5.74) is 2.71. The van der Waals surface area contributed by atoms with Crippen molar-refractivity contribution in [1.29, 1.82) is 0 Å². The van der Waals surface area contributed by atoms with E-state index in [9.17, 15) is 24.8 Å². The van der Waals surface area contributed by atoms with Crippen LogP contribution < -0.4 is 15.8 Å². The second-order valence-corrected chi connectivity index (χ2v) is 6.24. The van der Waals surface area contributed by atoms with Gasteiger partial charge in [0, 0.05) is 29.5 Å². The number of hydrogen-bond donors (Lipinski definition) is 2. The molecular formula is C19H17N3O7. The van der Waals surface area contributed by atoms with Crippen molar-refractivity contribution in [2.45, 2.75) is 19.8 Å². The van der Waals surface area contributed by atoms with Gasteiger partial charge in [0.15, 0.2) is 12.4 Å². The molecule has 0 saturated heterocycles. The summed E-state index contributed by atoms with van der Waals surface area (Å²) >= 11 is 0. The average molecular weight is 399 g/mol. The van der Waals surface area contributed by atoms with Crippen LogP contribution in [0.2, 0.25) is 0 Å². The van der Waals surface area contributed by atoms with Gasteiger partial charge in [-0.15, -0.1) is 0 Å². The number of aliphatic hydroxyl groups excluding tert-OH is 1. The zero-order valence-corrected chi connectivity index (χ0v) is 15.4. The Labute approximate surface area is 163 Å². The largest absolute Gasteiger partial charge is 0.502 e. The summed E-state index contributed by atoms with van der Waals surface area (Å²) in [7, 11) is 0. The molecule has 0 unspecified atom stereocenters. The Hall–Kier alpha value is -3.95. The minimum absolute atomic E-state index is 0.127. The van der Waals surface area contributed by atoms with Gasteiger partial charge >= 0.3 is 5.63 Å². The number of nitro groups is 1. The number of carbonyl (C=O) groups excluding carboxylic acids is 1. The number of aryl methyl sites for hydroxylation is 1. The van der Waals surface area contributed by atoms with Crippen molar-refractivity contribution in [3.63, 3.8) is 0 Å². The summed E-state index contributed by atoms with van der Waals surface area (Å²) in [5, 5.41) is 25.1. The molecule has 2 N–H and O–H groups in total. The highest BCUT2D eigenvalue weighted by Crippen LogP contribution is 2.23. The molecule has 1 aliphatic rings.